The molecule has 0 spiro atoms. The monoisotopic (exact) mass is 430 g/mol. The van der Waals surface area contributed by atoms with E-state index in [1.807, 2.05) is 24.3 Å². The lowest BCUT2D eigenvalue weighted by atomic mass is 10.1. The van der Waals surface area contributed by atoms with Gasteiger partial charge in [-0.15, -0.1) is 17.8 Å². The minimum Gasteiger partial charge on any atom is -0.494 e. The number of carbonyl (C=O) groups excluding carboxylic acids is 2. The van der Waals surface area contributed by atoms with E-state index in [4.69, 9.17) is 11.2 Å². The van der Waals surface area contributed by atoms with E-state index < -0.39 is 5.91 Å². The summed E-state index contributed by atoms with van der Waals surface area (Å²) in [5, 5.41) is 3.65. The predicted octanol–water partition coefficient (Wildman–Crippen LogP) is 3.47. The molecule has 7 heteroatoms. The molecule has 154 valence electrons. The number of terminal acetylenes is 1. The lowest BCUT2D eigenvalue weighted by Gasteiger charge is -2.11. The third-order valence-electron chi connectivity index (χ3n) is 4.92. The van der Waals surface area contributed by atoms with E-state index >= 15 is 0 Å². The van der Waals surface area contributed by atoms with Crippen molar-refractivity contribution in [1.29, 1.82) is 0 Å². The number of thiophene rings is 1. The Hall–Kier alpha value is -3.89. The van der Waals surface area contributed by atoms with Gasteiger partial charge in [-0.3, -0.25) is 19.0 Å². The van der Waals surface area contributed by atoms with E-state index in [0.717, 1.165) is 5.39 Å². The first-order valence-electron chi connectivity index (χ1n) is 9.48. The summed E-state index contributed by atoms with van der Waals surface area (Å²) in [6, 6.07) is 16.1. The van der Waals surface area contributed by atoms with Crippen molar-refractivity contribution in [3.63, 3.8) is 0 Å². The zero-order valence-electron chi connectivity index (χ0n) is 16.7. The van der Waals surface area contributed by atoms with Crippen molar-refractivity contribution < 1.29 is 14.3 Å². The van der Waals surface area contributed by atoms with Crippen LogP contribution >= 0.6 is 11.3 Å². The largest absolute Gasteiger partial charge is 0.494 e. The first-order chi connectivity index (χ1) is 15.1. The van der Waals surface area contributed by atoms with Crippen molar-refractivity contribution in [3.05, 3.63) is 75.4 Å². The molecule has 2 heterocycles. The second kappa shape index (κ2) is 8.46. The standard InChI is InChI=1S/C24H18N2O4S/c1-3-13-25-23(28)22-20(30-2)19-21(31-22)16-11-7-8-12-17(16)26(24(19)29)14-18(27)15-9-5-4-6-10-15/h1,4-12H,13-14H2,2H3,(H,25,28). The maximum atomic E-state index is 13.5. The Balaban J connectivity index is 1.96. The number of ether oxygens (including phenoxy) is 1. The molecule has 0 aliphatic rings. The summed E-state index contributed by atoms with van der Waals surface area (Å²) in [7, 11) is 1.41. The average molecular weight is 430 g/mol. The molecule has 4 aromatic rings. The van der Waals surface area contributed by atoms with Crippen LogP contribution in [0.3, 0.4) is 0 Å². The third kappa shape index (κ3) is 3.58. The highest BCUT2D eigenvalue weighted by molar-refractivity contribution is 7.22. The molecule has 0 saturated carbocycles. The van der Waals surface area contributed by atoms with Gasteiger partial charge in [-0.2, -0.15) is 0 Å². The van der Waals surface area contributed by atoms with Crippen LogP contribution in [0, 0.1) is 12.3 Å². The van der Waals surface area contributed by atoms with Crippen LogP contribution in [0.5, 0.6) is 5.75 Å². The number of fused-ring (bicyclic) bond motifs is 3. The van der Waals surface area contributed by atoms with Crippen LogP contribution in [-0.4, -0.2) is 29.9 Å². The molecular weight excluding hydrogens is 412 g/mol. The summed E-state index contributed by atoms with van der Waals surface area (Å²) in [4.78, 5) is 39.2. The molecule has 0 aliphatic heterocycles. The maximum Gasteiger partial charge on any atom is 0.265 e. The number of hydrogen-bond acceptors (Lipinski definition) is 5. The molecule has 31 heavy (non-hydrogen) atoms. The van der Waals surface area contributed by atoms with E-state index in [1.165, 1.54) is 23.0 Å². The lowest BCUT2D eigenvalue weighted by molar-refractivity contribution is 0.0955. The van der Waals surface area contributed by atoms with Crippen LogP contribution in [0.4, 0.5) is 0 Å². The Bertz CT molecular complexity index is 1410. The summed E-state index contributed by atoms with van der Waals surface area (Å²) in [5.41, 5.74) is 0.746. The number of ketones is 1. The second-order valence-corrected chi connectivity index (χ2v) is 7.77. The number of benzene rings is 2. The van der Waals surface area contributed by atoms with Crippen LogP contribution < -0.4 is 15.6 Å². The van der Waals surface area contributed by atoms with E-state index in [2.05, 4.69) is 11.2 Å². The minimum atomic E-state index is -0.411. The summed E-state index contributed by atoms with van der Waals surface area (Å²) in [6.45, 7) is -0.0658. The lowest BCUT2D eigenvalue weighted by Crippen LogP contribution is -2.25. The summed E-state index contributed by atoms with van der Waals surface area (Å²) in [6.07, 6.45) is 5.24. The fourth-order valence-electron chi connectivity index (χ4n) is 3.52. The van der Waals surface area contributed by atoms with Crippen molar-refractivity contribution in [2.75, 3.05) is 13.7 Å². The van der Waals surface area contributed by atoms with Crippen molar-refractivity contribution in [3.8, 4) is 18.1 Å². The number of Topliss-reactive ketones (excluding diaryl/α,β-unsaturated/α-hetero) is 1. The summed E-state index contributed by atoms with van der Waals surface area (Å²) >= 11 is 1.17. The van der Waals surface area contributed by atoms with E-state index in [1.54, 1.807) is 30.3 Å². The highest BCUT2D eigenvalue weighted by Crippen LogP contribution is 2.39. The Kier molecular flexibility index (Phi) is 5.56. The molecule has 0 unspecified atom stereocenters. The van der Waals surface area contributed by atoms with Gasteiger partial charge >= 0.3 is 0 Å². The number of rotatable bonds is 6. The number of para-hydroxylation sites is 1. The number of carbonyl (C=O) groups is 2. The number of nitrogens with zero attached hydrogens (tertiary/aromatic N) is 1. The molecule has 2 aromatic heterocycles. The smallest absolute Gasteiger partial charge is 0.265 e. The van der Waals surface area contributed by atoms with E-state index in [-0.39, 0.29) is 40.4 Å². The van der Waals surface area contributed by atoms with Crippen molar-refractivity contribution in [2.45, 2.75) is 6.54 Å². The van der Waals surface area contributed by atoms with Gasteiger partial charge in [-0.25, -0.2) is 0 Å². The Morgan fingerprint density at radius 3 is 2.55 bits per heavy atom. The molecule has 2 aromatic carbocycles. The van der Waals surface area contributed by atoms with Crippen molar-refractivity contribution >= 4 is 44.0 Å². The van der Waals surface area contributed by atoms with Crippen LogP contribution in [0.15, 0.2) is 59.4 Å². The zero-order chi connectivity index (χ0) is 22.0. The predicted molar refractivity (Wildman–Crippen MR) is 122 cm³/mol. The molecule has 0 radical (unpaired) electrons. The van der Waals surface area contributed by atoms with Gasteiger partial charge in [0.15, 0.2) is 11.5 Å². The molecule has 4 rings (SSSR count). The first-order valence-corrected chi connectivity index (χ1v) is 10.3. The SMILES string of the molecule is C#CCNC(=O)c1sc2c(c1OC)c(=O)n(CC(=O)c1ccccc1)c1ccccc21. The maximum absolute atomic E-state index is 13.5. The zero-order valence-corrected chi connectivity index (χ0v) is 17.5. The Morgan fingerprint density at radius 1 is 1.13 bits per heavy atom. The highest BCUT2D eigenvalue weighted by atomic mass is 32.1. The van der Waals surface area contributed by atoms with Gasteiger partial charge in [0, 0.05) is 10.9 Å². The second-order valence-electron chi connectivity index (χ2n) is 6.75. The van der Waals surface area contributed by atoms with Crippen LogP contribution in [0.1, 0.15) is 20.0 Å². The van der Waals surface area contributed by atoms with Gasteiger partial charge in [0.05, 0.1) is 30.4 Å². The molecule has 1 N–H and O–H groups in total. The van der Waals surface area contributed by atoms with Gasteiger partial charge in [0.25, 0.3) is 11.5 Å². The molecule has 0 aliphatic carbocycles. The molecule has 0 fully saturated rings. The van der Waals surface area contributed by atoms with Gasteiger partial charge in [0.2, 0.25) is 0 Å². The minimum absolute atomic E-state index is 0.0623. The average Bonchev–Trinajstić information content (AvgIpc) is 3.21. The van der Waals surface area contributed by atoms with Gasteiger partial charge in [0.1, 0.15) is 10.3 Å². The van der Waals surface area contributed by atoms with Crippen LogP contribution in [0.2, 0.25) is 0 Å². The van der Waals surface area contributed by atoms with E-state index in [0.29, 0.717) is 15.8 Å². The number of nitrogens with one attached hydrogen (secondary N) is 1. The molecule has 0 bridgehead atoms. The Labute approximate surface area is 182 Å². The molecule has 0 saturated heterocycles. The molecule has 1 amide bonds. The molecular formula is C24H18N2O4S. The van der Waals surface area contributed by atoms with Gasteiger partial charge in [-0.1, -0.05) is 54.5 Å². The highest BCUT2D eigenvalue weighted by Gasteiger charge is 2.25. The summed E-state index contributed by atoms with van der Waals surface area (Å²) < 4.78 is 7.54. The topological polar surface area (TPSA) is 77.4 Å². The summed E-state index contributed by atoms with van der Waals surface area (Å²) in [5.74, 6) is 1.94. The van der Waals surface area contributed by atoms with Crippen LogP contribution in [0.25, 0.3) is 21.0 Å². The van der Waals surface area contributed by atoms with E-state index in [9.17, 15) is 14.4 Å². The van der Waals surface area contributed by atoms with Crippen molar-refractivity contribution in [2.24, 2.45) is 0 Å². The van der Waals surface area contributed by atoms with Crippen LogP contribution in [-0.2, 0) is 6.54 Å². The van der Waals surface area contributed by atoms with Gasteiger partial charge < -0.3 is 10.1 Å². The molecule has 6 nitrogen and oxygen atoms in total. The number of methoxy groups -OCH3 is 1. The number of amides is 1. The first kappa shape index (κ1) is 20.4. The Morgan fingerprint density at radius 2 is 1.84 bits per heavy atom. The fourth-order valence-corrected chi connectivity index (χ4v) is 4.73. The third-order valence-corrected chi connectivity index (χ3v) is 6.12. The van der Waals surface area contributed by atoms with Crippen molar-refractivity contribution in [1.82, 2.24) is 9.88 Å². The number of pyridine rings is 1. The molecule has 0 atom stereocenters. The fraction of sp³-hybridized carbons (Fsp3) is 0.125. The number of aromatic nitrogens is 1. The van der Waals surface area contributed by atoms with Gasteiger partial charge in [-0.05, 0) is 6.07 Å². The quantitative estimate of drug-likeness (QED) is 0.375. The normalized spacial score (nSPS) is 10.7. The number of hydrogen-bond donors (Lipinski definition) is 1.